The molecular formula is C64H44N2. The lowest BCUT2D eigenvalue weighted by Crippen LogP contribution is -1.91. The van der Waals surface area contributed by atoms with Crippen LogP contribution in [0.15, 0.2) is 267 Å². The molecule has 0 unspecified atom stereocenters. The molecule has 0 radical (unpaired) electrons. The Labute approximate surface area is 386 Å². The van der Waals surface area contributed by atoms with Crippen molar-refractivity contribution in [2.75, 3.05) is 0 Å². The topological polar surface area (TPSA) is 25.8 Å². The third-order valence-corrected chi connectivity index (χ3v) is 12.3. The molecule has 0 aliphatic rings. The highest BCUT2D eigenvalue weighted by atomic mass is 14.7. The highest BCUT2D eigenvalue weighted by molar-refractivity contribution is 5.82. The second kappa shape index (κ2) is 18.2. The molecule has 2 nitrogen and oxygen atoms in total. The molecule has 0 saturated carbocycles. The number of nitrogens with zero attached hydrogens (tertiary/aromatic N) is 2. The first-order chi connectivity index (χ1) is 32.7. The number of pyridine rings is 2. The van der Waals surface area contributed by atoms with E-state index in [4.69, 9.17) is 9.97 Å². The van der Waals surface area contributed by atoms with Crippen molar-refractivity contribution < 1.29 is 0 Å². The van der Waals surface area contributed by atoms with E-state index < -0.39 is 0 Å². The number of hydrogen-bond donors (Lipinski definition) is 0. The largest absolute Gasteiger partial charge is 0.248 e. The minimum absolute atomic E-state index is 0.964. The Bertz CT molecular complexity index is 3050. The first-order valence-electron chi connectivity index (χ1n) is 22.5. The van der Waals surface area contributed by atoms with Gasteiger partial charge in [0.1, 0.15) is 0 Å². The van der Waals surface area contributed by atoms with E-state index in [9.17, 15) is 0 Å². The summed E-state index contributed by atoms with van der Waals surface area (Å²) in [6.07, 6.45) is 0. The van der Waals surface area contributed by atoms with Crippen LogP contribution in [0.2, 0.25) is 0 Å². The monoisotopic (exact) mass is 840 g/mol. The highest BCUT2D eigenvalue weighted by Crippen LogP contribution is 2.36. The van der Waals surface area contributed by atoms with Crippen molar-refractivity contribution in [3.8, 4) is 112 Å². The van der Waals surface area contributed by atoms with Crippen molar-refractivity contribution in [3.05, 3.63) is 267 Å². The van der Waals surface area contributed by atoms with Crippen molar-refractivity contribution in [1.82, 2.24) is 9.97 Å². The molecule has 0 fully saturated rings. The molecule has 0 N–H and O–H groups in total. The van der Waals surface area contributed by atoms with Crippen LogP contribution in [-0.4, -0.2) is 9.97 Å². The lowest BCUT2D eigenvalue weighted by molar-refractivity contribution is 1.32. The number of benzene rings is 9. The maximum absolute atomic E-state index is 5.07. The Morgan fingerprint density at radius 3 is 0.561 bits per heavy atom. The van der Waals surface area contributed by atoms with Gasteiger partial charge in [0.2, 0.25) is 0 Å². The summed E-state index contributed by atoms with van der Waals surface area (Å²) in [6.45, 7) is 0. The zero-order valence-electron chi connectivity index (χ0n) is 36.3. The average molecular weight is 841 g/mol. The molecule has 0 amide bonds. The summed E-state index contributed by atoms with van der Waals surface area (Å²) < 4.78 is 0. The molecule has 11 aromatic rings. The van der Waals surface area contributed by atoms with Gasteiger partial charge in [-0.2, -0.15) is 0 Å². The second-order valence-electron chi connectivity index (χ2n) is 16.6. The summed E-state index contributed by atoms with van der Waals surface area (Å²) in [5.74, 6) is 0. The van der Waals surface area contributed by atoms with E-state index in [2.05, 4.69) is 243 Å². The maximum Gasteiger partial charge on any atom is 0.0715 e. The second-order valence-corrected chi connectivity index (χ2v) is 16.6. The number of aromatic nitrogens is 2. The summed E-state index contributed by atoms with van der Waals surface area (Å²) in [6, 6.07) is 94.9. The first-order valence-corrected chi connectivity index (χ1v) is 22.5. The summed E-state index contributed by atoms with van der Waals surface area (Å²) in [5, 5.41) is 0. The normalized spacial score (nSPS) is 11.0. The molecule has 9 aromatic carbocycles. The minimum atomic E-state index is 0.964. The molecule has 2 heteroatoms. The van der Waals surface area contributed by atoms with Crippen LogP contribution in [0, 0.1) is 0 Å². The van der Waals surface area contributed by atoms with E-state index >= 15 is 0 Å². The standard InChI is InChI=1S/C64H44N2/c1-5-15-51(16-6-1)61-41-59(42-62(65-61)52-17-7-2-8-18-52)49-35-31-47(32-36-49)57-25-13-23-55(39-57)45-27-29-46(30-28-45)56-24-14-26-58(40-56)48-33-37-50(38-34-48)60-43-63(53-19-9-3-10-20-53)66-64(44-60)54-21-11-4-12-22-54/h1-44H. The molecule has 0 aliphatic carbocycles. The fourth-order valence-electron chi connectivity index (χ4n) is 8.74. The third kappa shape index (κ3) is 8.64. The maximum atomic E-state index is 5.07. The SMILES string of the molecule is c1ccc(-c2cc(-c3ccc(-c4cccc(-c5ccc(-c6cccc(-c7ccc(-c8cc(-c9ccccc9)nc(-c9ccccc9)c8)cc7)c6)cc5)c4)cc3)cc(-c3ccccc3)n2)cc1. The third-order valence-electron chi connectivity index (χ3n) is 12.3. The van der Waals surface area contributed by atoms with Gasteiger partial charge in [0.05, 0.1) is 22.8 Å². The van der Waals surface area contributed by atoms with Gasteiger partial charge in [-0.1, -0.05) is 231 Å². The Balaban J connectivity index is 0.819. The molecule has 310 valence electrons. The van der Waals surface area contributed by atoms with Gasteiger partial charge in [-0.15, -0.1) is 0 Å². The van der Waals surface area contributed by atoms with Crippen molar-refractivity contribution in [1.29, 1.82) is 0 Å². The predicted molar refractivity (Wildman–Crippen MR) is 276 cm³/mol. The first kappa shape index (κ1) is 40.1. The van der Waals surface area contributed by atoms with Gasteiger partial charge in [-0.05, 0) is 103 Å². The van der Waals surface area contributed by atoms with E-state index in [0.717, 1.165) is 67.3 Å². The molecule has 0 spiro atoms. The lowest BCUT2D eigenvalue weighted by atomic mass is 9.94. The van der Waals surface area contributed by atoms with Crippen LogP contribution in [0.25, 0.3) is 112 Å². The van der Waals surface area contributed by atoms with E-state index in [-0.39, 0.29) is 0 Å². The van der Waals surface area contributed by atoms with Crippen molar-refractivity contribution in [3.63, 3.8) is 0 Å². The molecule has 0 bridgehead atoms. The van der Waals surface area contributed by atoms with Gasteiger partial charge in [0.25, 0.3) is 0 Å². The van der Waals surface area contributed by atoms with Gasteiger partial charge in [-0.3, -0.25) is 0 Å². The molecule has 0 aliphatic heterocycles. The number of rotatable bonds is 10. The van der Waals surface area contributed by atoms with Crippen molar-refractivity contribution >= 4 is 0 Å². The van der Waals surface area contributed by atoms with Gasteiger partial charge in [0, 0.05) is 22.3 Å². The average Bonchev–Trinajstić information content (AvgIpc) is 3.42. The summed E-state index contributed by atoms with van der Waals surface area (Å²) >= 11 is 0. The number of hydrogen-bond acceptors (Lipinski definition) is 2. The van der Waals surface area contributed by atoms with Crippen LogP contribution in [0.3, 0.4) is 0 Å². The Kier molecular flexibility index (Phi) is 11.0. The predicted octanol–water partition coefficient (Wildman–Crippen LogP) is 17.1. The van der Waals surface area contributed by atoms with Crippen LogP contribution < -0.4 is 0 Å². The van der Waals surface area contributed by atoms with Crippen LogP contribution in [0.1, 0.15) is 0 Å². The van der Waals surface area contributed by atoms with Crippen LogP contribution in [-0.2, 0) is 0 Å². The molecular weight excluding hydrogens is 797 g/mol. The van der Waals surface area contributed by atoms with Crippen molar-refractivity contribution in [2.24, 2.45) is 0 Å². The van der Waals surface area contributed by atoms with E-state index in [1.807, 2.05) is 24.3 Å². The molecule has 0 atom stereocenters. The Morgan fingerprint density at radius 1 is 0.136 bits per heavy atom. The molecule has 0 saturated heterocycles. The van der Waals surface area contributed by atoms with Crippen LogP contribution >= 0.6 is 0 Å². The smallest absolute Gasteiger partial charge is 0.0715 e. The summed E-state index contributed by atoms with van der Waals surface area (Å²) in [4.78, 5) is 10.1. The van der Waals surface area contributed by atoms with Crippen molar-refractivity contribution in [2.45, 2.75) is 0 Å². The Hall–Kier alpha value is -8.72. The van der Waals surface area contributed by atoms with E-state index in [1.54, 1.807) is 0 Å². The fraction of sp³-hybridized carbons (Fsp3) is 0. The van der Waals surface area contributed by atoms with Gasteiger partial charge in [0.15, 0.2) is 0 Å². The molecule has 2 aromatic heterocycles. The fourth-order valence-corrected chi connectivity index (χ4v) is 8.74. The summed E-state index contributed by atoms with van der Waals surface area (Å²) in [7, 11) is 0. The van der Waals surface area contributed by atoms with Gasteiger partial charge in [-0.25, -0.2) is 9.97 Å². The minimum Gasteiger partial charge on any atom is -0.248 e. The van der Waals surface area contributed by atoms with Gasteiger partial charge < -0.3 is 0 Å². The van der Waals surface area contributed by atoms with E-state index in [0.29, 0.717) is 0 Å². The van der Waals surface area contributed by atoms with Gasteiger partial charge >= 0.3 is 0 Å². The highest BCUT2D eigenvalue weighted by Gasteiger charge is 2.12. The quantitative estimate of drug-likeness (QED) is 0.137. The summed E-state index contributed by atoms with van der Waals surface area (Å²) in [5.41, 5.74) is 22.3. The van der Waals surface area contributed by atoms with Crippen LogP contribution in [0.5, 0.6) is 0 Å². The molecule has 2 heterocycles. The zero-order valence-corrected chi connectivity index (χ0v) is 36.3. The molecule has 66 heavy (non-hydrogen) atoms. The van der Waals surface area contributed by atoms with E-state index in [1.165, 1.54) is 44.5 Å². The Morgan fingerprint density at radius 2 is 0.333 bits per heavy atom. The molecule has 11 rings (SSSR count). The lowest BCUT2D eigenvalue weighted by Gasteiger charge is -2.12. The van der Waals surface area contributed by atoms with Crippen LogP contribution in [0.4, 0.5) is 0 Å². The zero-order chi connectivity index (χ0) is 44.1.